The van der Waals surface area contributed by atoms with Crippen molar-refractivity contribution in [3.8, 4) is 0 Å². The van der Waals surface area contributed by atoms with Crippen LogP contribution in [0.4, 0.5) is 10.1 Å². The van der Waals surface area contributed by atoms with Gasteiger partial charge in [0.1, 0.15) is 5.76 Å². The van der Waals surface area contributed by atoms with Crippen molar-refractivity contribution in [1.29, 1.82) is 0 Å². The summed E-state index contributed by atoms with van der Waals surface area (Å²) >= 11 is 11.3. The van der Waals surface area contributed by atoms with E-state index in [-0.39, 0.29) is 10.0 Å². The Balaban J connectivity index is 2.10. The minimum absolute atomic E-state index is 0.00514. The molecule has 0 radical (unpaired) electrons. The Kier molecular flexibility index (Phi) is 3.36. The van der Waals surface area contributed by atoms with Gasteiger partial charge in [-0.1, -0.05) is 23.2 Å². The number of hydrogen-bond acceptors (Lipinski definition) is 2. The lowest BCUT2D eigenvalue weighted by Crippen LogP contribution is -1.98. The highest BCUT2D eigenvalue weighted by molar-refractivity contribution is 6.35. The lowest BCUT2D eigenvalue weighted by molar-refractivity contribution is 0.518. The Morgan fingerprint density at radius 1 is 1.25 bits per heavy atom. The maximum absolute atomic E-state index is 13.1. The zero-order valence-corrected chi connectivity index (χ0v) is 9.65. The maximum atomic E-state index is 13.1. The fourth-order valence-corrected chi connectivity index (χ4v) is 1.75. The van der Waals surface area contributed by atoms with Crippen LogP contribution in [-0.4, -0.2) is 0 Å². The van der Waals surface area contributed by atoms with E-state index >= 15 is 0 Å². The van der Waals surface area contributed by atoms with E-state index in [0.29, 0.717) is 12.2 Å². The second kappa shape index (κ2) is 4.76. The average Bonchev–Trinajstić information content (AvgIpc) is 2.75. The number of furan rings is 1. The molecule has 0 saturated heterocycles. The van der Waals surface area contributed by atoms with Crippen LogP contribution in [0, 0.1) is 5.82 Å². The van der Waals surface area contributed by atoms with Gasteiger partial charge in [0.2, 0.25) is 0 Å². The number of halogens is 3. The third kappa shape index (κ3) is 2.49. The van der Waals surface area contributed by atoms with Gasteiger partial charge >= 0.3 is 0 Å². The fourth-order valence-electron chi connectivity index (χ4n) is 1.26. The van der Waals surface area contributed by atoms with Crippen molar-refractivity contribution >= 4 is 28.9 Å². The molecule has 0 atom stereocenters. The molecule has 2 nitrogen and oxygen atoms in total. The van der Waals surface area contributed by atoms with Gasteiger partial charge in [0, 0.05) is 5.69 Å². The van der Waals surface area contributed by atoms with Gasteiger partial charge < -0.3 is 9.73 Å². The molecule has 0 bridgehead atoms. The van der Waals surface area contributed by atoms with Crippen molar-refractivity contribution < 1.29 is 8.81 Å². The van der Waals surface area contributed by atoms with Gasteiger partial charge in [0.25, 0.3) is 0 Å². The summed E-state index contributed by atoms with van der Waals surface area (Å²) in [5.41, 5.74) is 0.646. The molecule has 0 saturated carbocycles. The summed E-state index contributed by atoms with van der Waals surface area (Å²) in [4.78, 5) is 0. The van der Waals surface area contributed by atoms with Gasteiger partial charge in [-0.3, -0.25) is 0 Å². The smallest absolute Gasteiger partial charge is 0.160 e. The van der Waals surface area contributed by atoms with Crippen molar-refractivity contribution in [2.45, 2.75) is 6.54 Å². The summed E-state index contributed by atoms with van der Waals surface area (Å²) in [6.45, 7) is 0.491. The molecular weight excluding hydrogens is 252 g/mol. The standard InChI is InChI=1S/C11H8Cl2FNO/c12-9-4-7(5-10(13)11(9)14)15-6-8-2-1-3-16-8/h1-5,15H,6H2. The minimum Gasteiger partial charge on any atom is -0.467 e. The second-order valence-corrected chi connectivity index (χ2v) is 4.00. The van der Waals surface area contributed by atoms with Crippen molar-refractivity contribution in [3.05, 3.63) is 52.2 Å². The summed E-state index contributed by atoms with van der Waals surface area (Å²) in [5.74, 6) is 0.170. The first-order chi connectivity index (χ1) is 7.66. The lowest BCUT2D eigenvalue weighted by atomic mass is 10.3. The molecule has 2 aromatic rings. The highest BCUT2D eigenvalue weighted by Gasteiger charge is 2.07. The Morgan fingerprint density at radius 3 is 2.50 bits per heavy atom. The third-order valence-electron chi connectivity index (χ3n) is 2.03. The number of nitrogens with one attached hydrogen (secondary N) is 1. The molecule has 1 heterocycles. The highest BCUT2D eigenvalue weighted by Crippen LogP contribution is 2.27. The van der Waals surface area contributed by atoms with Crippen LogP contribution in [0.5, 0.6) is 0 Å². The van der Waals surface area contributed by atoms with Crippen LogP contribution in [-0.2, 0) is 6.54 Å². The Bertz CT molecular complexity index is 462. The molecule has 16 heavy (non-hydrogen) atoms. The molecular formula is C11H8Cl2FNO. The molecule has 0 amide bonds. The molecule has 1 aromatic carbocycles. The normalized spacial score (nSPS) is 10.4. The minimum atomic E-state index is -0.605. The van der Waals surface area contributed by atoms with Crippen molar-refractivity contribution in [3.63, 3.8) is 0 Å². The Hall–Kier alpha value is -1.19. The SMILES string of the molecule is Fc1c(Cl)cc(NCc2ccco2)cc1Cl. The molecule has 0 unspecified atom stereocenters. The maximum Gasteiger partial charge on any atom is 0.160 e. The molecule has 0 aliphatic carbocycles. The van der Waals surface area contributed by atoms with Crippen LogP contribution < -0.4 is 5.32 Å². The second-order valence-electron chi connectivity index (χ2n) is 3.19. The number of rotatable bonds is 3. The molecule has 0 fully saturated rings. The van der Waals surface area contributed by atoms with E-state index in [1.54, 1.807) is 12.3 Å². The van der Waals surface area contributed by atoms with Crippen LogP contribution in [0.1, 0.15) is 5.76 Å². The van der Waals surface area contributed by atoms with Crippen molar-refractivity contribution in [2.24, 2.45) is 0 Å². The van der Waals surface area contributed by atoms with E-state index < -0.39 is 5.82 Å². The Morgan fingerprint density at radius 2 is 1.94 bits per heavy atom. The van der Waals surface area contributed by atoms with E-state index in [1.165, 1.54) is 12.1 Å². The largest absolute Gasteiger partial charge is 0.467 e. The third-order valence-corrected chi connectivity index (χ3v) is 2.58. The first-order valence-electron chi connectivity index (χ1n) is 4.57. The molecule has 1 aromatic heterocycles. The van der Waals surface area contributed by atoms with Gasteiger partial charge in [-0.15, -0.1) is 0 Å². The first-order valence-corrected chi connectivity index (χ1v) is 5.33. The molecule has 2 rings (SSSR count). The van der Waals surface area contributed by atoms with Crippen LogP contribution >= 0.6 is 23.2 Å². The average molecular weight is 260 g/mol. The summed E-state index contributed by atoms with van der Waals surface area (Å²) in [6.07, 6.45) is 1.58. The van der Waals surface area contributed by atoms with Crippen LogP contribution in [0.15, 0.2) is 34.9 Å². The van der Waals surface area contributed by atoms with Crippen molar-refractivity contribution in [2.75, 3.05) is 5.32 Å². The highest BCUT2D eigenvalue weighted by atomic mass is 35.5. The molecule has 0 aliphatic heterocycles. The predicted octanol–water partition coefficient (Wildman–Crippen LogP) is 4.34. The zero-order valence-electron chi connectivity index (χ0n) is 8.14. The van der Waals surface area contributed by atoms with E-state index in [0.717, 1.165) is 5.76 Å². The van der Waals surface area contributed by atoms with E-state index in [2.05, 4.69) is 5.32 Å². The van der Waals surface area contributed by atoms with Gasteiger partial charge in [0.05, 0.1) is 22.9 Å². The monoisotopic (exact) mass is 259 g/mol. The summed E-state index contributed by atoms with van der Waals surface area (Å²) in [7, 11) is 0. The van der Waals surface area contributed by atoms with Gasteiger partial charge in [-0.05, 0) is 24.3 Å². The number of anilines is 1. The van der Waals surface area contributed by atoms with Crippen LogP contribution in [0.3, 0.4) is 0 Å². The molecule has 0 spiro atoms. The van der Waals surface area contributed by atoms with Gasteiger partial charge in [0.15, 0.2) is 5.82 Å². The van der Waals surface area contributed by atoms with Crippen LogP contribution in [0.25, 0.3) is 0 Å². The Labute approximate surface area is 102 Å². The molecule has 1 N–H and O–H groups in total. The number of hydrogen-bond donors (Lipinski definition) is 1. The first kappa shape index (κ1) is 11.3. The molecule has 0 aliphatic rings. The quantitative estimate of drug-likeness (QED) is 0.830. The van der Waals surface area contributed by atoms with Gasteiger partial charge in [-0.25, -0.2) is 4.39 Å². The van der Waals surface area contributed by atoms with E-state index in [1.807, 2.05) is 6.07 Å². The zero-order chi connectivity index (χ0) is 11.5. The molecule has 5 heteroatoms. The summed E-state index contributed by atoms with van der Waals surface area (Å²) in [5, 5.41) is 3.02. The van der Waals surface area contributed by atoms with Crippen molar-refractivity contribution in [1.82, 2.24) is 0 Å². The van der Waals surface area contributed by atoms with E-state index in [9.17, 15) is 4.39 Å². The van der Waals surface area contributed by atoms with Gasteiger partial charge in [-0.2, -0.15) is 0 Å². The predicted molar refractivity (Wildman–Crippen MR) is 62.5 cm³/mol. The fraction of sp³-hybridized carbons (Fsp3) is 0.0909. The topological polar surface area (TPSA) is 25.2 Å². The lowest BCUT2D eigenvalue weighted by Gasteiger charge is -2.06. The van der Waals surface area contributed by atoms with E-state index in [4.69, 9.17) is 27.6 Å². The summed E-state index contributed by atoms with van der Waals surface area (Å²) in [6, 6.07) is 6.58. The summed E-state index contributed by atoms with van der Waals surface area (Å²) < 4.78 is 18.3. The molecule has 84 valence electrons. The number of benzene rings is 1. The van der Waals surface area contributed by atoms with Crippen LogP contribution in [0.2, 0.25) is 10.0 Å².